The highest BCUT2D eigenvalue weighted by Gasteiger charge is 2.32. The van der Waals surface area contributed by atoms with Gasteiger partial charge in [0.05, 0.1) is 17.1 Å². The molecule has 0 radical (unpaired) electrons. The van der Waals surface area contributed by atoms with Crippen molar-refractivity contribution < 1.29 is 4.79 Å². The maximum atomic E-state index is 12.0. The van der Waals surface area contributed by atoms with Gasteiger partial charge < -0.3 is 9.47 Å². The summed E-state index contributed by atoms with van der Waals surface area (Å²) in [5, 5.41) is 0. The summed E-state index contributed by atoms with van der Waals surface area (Å²) in [7, 11) is 0. The summed E-state index contributed by atoms with van der Waals surface area (Å²) in [4.78, 5) is 19.0. The van der Waals surface area contributed by atoms with Gasteiger partial charge in [-0.2, -0.15) is 0 Å². The van der Waals surface area contributed by atoms with Crippen LogP contribution >= 0.6 is 0 Å². The van der Waals surface area contributed by atoms with Crippen LogP contribution < -0.4 is 0 Å². The van der Waals surface area contributed by atoms with Gasteiger partial charge in [0, 0.05) is 20.0 Å². The average Bonchev–Trinajstić information content (AvgIpc) is 3.21. The van der Waals surface area contributed by atoms with Crippen molar-refractivity contribution in [3.8, 4) is 0 Å². The zero-order valence-corrected chi connectivity index (χ0v) is 14.6. The third-order valence-corrected chi connectivity index (χ3v) is 5.80. The monoisotopic (exact) mass is 325 g/mol. The van der Waals surface area contributed by atoms with Crippen molar-refractivity contribution in [1.29, 1.82) is 0 Å². The number of hydrogen-bond donors (Lipinski definition) is 0. The molecule has 24 heavy (non-hydrogen) atoms. The third kappa shape index (κ3) is 2.83. The van der Waals surface area contributed by atoms with E-state index in [1.807, 2.05) is 4.90 Å². The van der Waals surface area contributed by atoms with E-state index in [1.54, 1.807) is 6.92 Å². The molecule has 0 spiro atoms. The van der Waals surface area contributed by atoms with Gasteiger partial charge in [-0.25, -0.2) is 4.98 Å². The molecule has 4 rings (SSSR count). The quantitative estimate of drug-likeness (QED) is 0.844. The molecule has 0 bridgehead atoms. The van der Waals surface area contributed by atoms with Crippen molar-refractivity contribution in [2.45, 2.75) is 64.5 Å². The summed E-state index contributed by atoms with van der Waals surface area (Å²) in [6.45, 7) is 3.61. The lowest BCUT2D eigenvalue weighted by atomic mass is 9.89. The zero-order valence-electron chi connectivity index (χ0n) is 14.6. The molecular formula is C20H27N3O. The van der Waals surface area contributed by atoms with E-state index in [0.717, 1.165) is 43.2 Å². The van der Waals surface area contributed by atoms with Crippen LogP contribution in [0.1, 0.15) is 63.7 Å². The van der Waals surface area contributed by atoms with Gasteiger partial charge in [0.2, 0.25) is 5.91 Å². The fourth-order valence-corrected chi connectivity index (χ4v) is 4.58. The Kier molecular flexibility index (Phi) is 4.30. The fourth-order valence-electron chi connectivity index (χ4n) is 4.58. The predicted molar refractivity (Wildman–Crippen MR) is 95.7 cm³/mol. The van der Waals surface area contributed by atoms with E-state index in [4.69, 9.17) is 4.98 Å². The van der Waals surface area contributed by atoms with Gasteiger partial charge >= 0.3 is 0 Å². The first-order valence-corrected chi connectivity index (χ1v) is 9.46. The molecule has 1 aromatic carbocycles. The number of hydrogen-bond acceptors (Lipinski definition) is 2. The number of amides is 1. The van der Waals surface area contributed by atoms with Gasteiger partial charge in [-0.15, -0.1) is 0 Å². The van der Waals surface area contributed by atoms with Gasteiger partial charge in [-0.1, -0.05) is 31.4 Å². The number of carbonyl (C=O) groups excluding carboxylic acids is 1. The molecule has 128 valence electrons. The Morgan fingerprint density at radius 3 is 2.71 bits per heavy atom. The van der Waals surface area contributed by atoms with Crippen LogP contribution in [-0.2, 0) is 11.3 Å². The van der Waals surface area contributed by atoms with E-state index >= 15 is 0 Å². The van der Waals surface area contributed by atoms with E-state index in [-0.39, 0.29) is 11.9 Å². The maximum Gasteiger partial charge on any atom is 0.220 e. The normalized spacial score (nSPS) is 22.4. The molecule has 1 aliphatic heterocycles. The van der Waals surface area contributed by atoms with E-state index in [2.05, 4.69) is 28.8 Å². The third-order valence-electron chi connectivity index (χ3n) is 5.80. The number of nitrogens with zero attached hydrogens (tertiary/aromatic N) is 3. The van der Waals surface area contributed by atoms with Gasteiger partial charge in [-0.3, -0.25) is 4.79 Å². The zero-order chi connectivity index (χ0) is 16.5. The standard InChI is InChI=1S/C20H27N3O/c1-15(24)22-13-7-12-19(22)20-21-17-10-5-6-11-18(17)23(20)14-16-8-3-2-4-9-16/h5-6,10-11,16,19H,2-4,7-9,12-14H2,1H3/t19-/m0/s1. The average molecular weight is 325 g/mol. The minimum absolute atomic E-state index is 0.151. The van der Waals surface area contributed by atoms with Crippen LogP contribution in [0, 0.1) is 5.92 Å². The molecule has 1 amide bonds. The number of benzene rings is 1. The summed E-state index contributed by atoms with van der Waals surface area (Å²) < 4.78 is 2.43. The van der Waals surface area contributed by atoms with Crippen LogP contribution in [-0.4, -0.2) is 26.9 Å². The Morgan fingerprint density at radius 1 is 1.12 bits per heavy atom. The minimum Gasteiger partial charge on any atom is -0.333 e. The predicted octanol–water partition coefficient (Wildman–Crippen LogP) is 4.30. The van der Waals surface area contributed by atoms with Gasteiger partial charge in [0.25, 0.3) is 0 Å². The Morgan fingerprint density at radius 2 is 1.92 bits per heavy atom. The Labute approximate surface area is 143 Å². The molecule has 1 aromatic heterocycles. The lowest BCUT2D eigenvalue weighted by Crippen LogP contribution is -2.30. The number of aromatic nitrogens is 2. The molecule has 1 saturated heterocycles. The van der Waals surface area contributed by atoms with Crippen molar-refractivity contribution in [2.75, 3.05) is 6.54 Å². The van der Waals surface area contributed by atoms with Crippen LogP contribution in [0.15, 0.2) is 24.3 Å². The van der Waals surface area contributed by atoms with Crippen molar-refractivity contribution >= 4 is 16.9 Å². The number of likely N-dealkylation sites (tertiary alicyclic amines) is 1. The van der Waals surface area contributed by atoms with Crippen LogP contribution in [0.25, 0.3) is 11.0 Å². The van der Waals surface area contributed by atoms with Gasteiger partial charge in [-0.05, 0) is 43.7 Å². The van der Waals surface area contributed by atoms with Crippen LogP contribution in [0.2, 0.25) is 0 Å². The molecule has 1 atom stereocenters. The number of imidazole rings is 1. The Balaban J connectivity index is 1.73. The molecule has 4 heteroatoms. The second kappa shape index (κ2) is 6.58. The lowest BCUT2D eigenvalue weighted by Gasteiger charge is -2.27. The highest BCUT2D eigenvalue weighted by Crippen LogP contribution is 2.35. The number of para-hydroxylation sites is 2. The summed E-state index contributed by atoms with van der Waals surface area (Å²) >= 11 is 0. The van der Waals surface area contributed by atoms with Crippen LogP contribution in [0.5, 0.6) is 0 Å². The topological polar surface area (TPSA) is 38.1 Å². The first-order chi connectivity index (χ1) is 11.7. The van der Waals surface area contributed by atoms with E-state index < -0.39 is 0 Å². The number of rotatable bonds is 3. The van der Waals surface area contributed by atoms with Crippen molar-refractivity contribution in [3.05, 3.63) is 30.1 Å². The SMILES string of the molecule is CC(=O)N1CCC[C@H]1c1nc2ccccc2n1CC1CCCCC1. The Hall–Kier alpha value is -1.84. The largest absolute Gasteiger partial charge is 0.333 e. The highest BCUT2D eigenvalue weighted by atomic mass is 16.2. The number of carbonyl (C=O) groups is 1. The number of fused-ring (bicyclic) bond motifs is 1. The summed E-state index contributed by atoms with van der Waals surface area (Å²) in [6, 6.07) is 8.59. The molecule has 2 fully saturated rings. The molecule has 2 aromatic rings. The summed E-state index contributed by atoms with van der Waals surface area (Å²) in [5.41, 5.74) is 2.30. The molecular weight excluding hydrogens is 298 g/mol. The molecule has 1 aliphatic carbocycles. The van der Waals surface area contributed by atoms with Crippen LogP contribution in [0.3, 0.4) is 0 Å². The summed E-state index contributed by atoms with van der Waals surface area (Å²) in [6.07, 6.45) is 8.87. The molecule has 4 nitrogen and oxygen atoms in total. The minimum atomic E-state index is 0.151. The molecule has 0 N–H and O–H groups in total. The van der Waals surface area contributed by atoms with Gasteiger partial charge in [0.1, 0.15) is 5.82 Å². The molecule has 2 aliphatic rings. The Bertz CT molecular complexity index is 730. The smallest absolute Gasteiger partial charge is 0.220 e. The summed E-state index contributed by atoms with van der Waals surface area (Å²) in [5.74, 6) is 2.03. The van der Waals surface area contributed by atoms with E-state index in [9.17, 15) is 4.79 Å². The van der Waals surface area contributed by atoms with Gasteiger partial charge in [0.15, 0.2) is 0 Å². The molecule has 1 saturated carbocycles. The second-order valence-corrected chi connectivity index (χ2v) is 7.44. The second-order valence-electron chi connectivity index (χ2n) is 7.44. The van der Waals surface area contributed by atoms with E-state index in [1.165, 1.54) is 37.6 Å². The highest BCUT2D eigenvalue weighted by molar-refractivity contribution is 5.77. The maximum absolute atomic E-state index is 12.0. The van der Waals surface area contributed by atoms with Crippen molar-refractivity contribution in [3.63, 3.8) is 0 Å². The lowest BCUT2D eigenvalue weighted by molar-refractivity contribution is -0.129. The van der Waals surface area contributed by atoms with Crippen LogP contribution in [0.4, 0.5) is 0 Å². The first-order valence-electron chi connectivity index (χ1n) is 9.46. The van der Waals surface area contributed by atoms with Crippen molar-refractivity contribution in [1.82, 2.24) is 14.5 Å². The molecule has 2 heterocycles. The first kappa shape index (κ1) is 15.7. The fraction of sp³-hybridized carbons (Fsp3) is 0.600. The van der Waals surface area contributed by atoms with E-state index in [0.29, 0.717) is 0 Å². The molecule has 0 unspecified atom stereocenters. The van der Waals surface area contributed by atoms with Crippen molar-refractivity contribution in [2.24, 2.45) is 5.92 Å².